The van der Waals surface area contributed by atoms with Crippen molar-refractivity contribution < 1.29 is 0 Å². The van der Waals surface area contributed by atoms with Crippen molar-refractivity contribution in [3.8, 4) is 0 Å². The highest BCUT2D eigenvalue weighted by Gasteiger charge is 2.21. The maximum atomic E-state index is 5.95. The number of rotatable bonds is 3. The van der Waals surface area contributed by atoms with Gasteiger partial charge in [0, 0.05) is 5.92 Å². The highest BCUT2D eigenvalue weighted by Crippen LogP contribution is 2.38. The first-order valence-corrected chi connectivity index (χ1v) is 6.38. The molecule has 3 heteroatoms. The number of hydrogen-bond acceptors (Lipinski definition) is 3. The Labute approximate surface area is 89.5 Å². The normalized spacial score (nSPS) is 17.8. The lowest BCUT2D eigenvalue weighted by Gasteiger charge is -2.02. The Morgan fingerprint density at radius 2 is 2.14 bits per heavy atom. The number of nitrogen functional groups attached to an aromatic ring is 1. The molecule has 2 rings (SSSR count). The van der Waals surface area contributed by atoms with Crippen molar-refractivity contribution in [2.45, 2.75) is 51.4 Å². The summed E-state index contributed by atoms with van der Waals surface area (Å²) in [4.78, 5) is 4.68. The summed E-state index contributed by atoms with van der Waals surface area (Å²) >= 11 is 1.72. The van der Waals surface area contributed by atoms with Gasteiger partial charge in [-0.2, -0.15) is 0 Å². The van der Waals surface area contributed by atoms with Gasteiger partial charge in [0.2, 0.25) is 0 Å². The summed E-state index contributed by atoms with van der Waals surface area (Å²) in [5.74, 6) is 0.716. The molecule has 78 valence electrons. The predicted molar refractivity (Wildman–Crippen MR) is 61.7 cm³/mol. The zero-order chi connectivity index (χ0) is 9.97. The van der Waals surface area contributed by atoms with Crippen LogP contribution in [0.1, 0.15) is 55.6 Å². The lowest BCUT2D eigenvalue weighted by Crippen LogP contribution is -1.93. The van der Waals surface area contributed by atoms with E-state index >= 15 is 0 Å². The maximum absolute atomic E-state index is 5.95. The molecular formula is C11H18N2S. The molecule has 1 fully saturated rings. The van der Waals surface area contributed by atoms with Gasteiger partial charge in [-0.05, 0) is 19.3 Å². The number of aromatic nitrogens is 1. The van der Waals surface area contributed by atoms with E-state index in [2.05, 4.69) is 11.9 Å². The molecular weight excluding hydrogens is 192 g/mol. The largest absolute Gasteiger partial charge is 0.389 e. The number of nitrogens with two attached hydrogens (primary N) is 1. The smallest absolute Gasteiger partial charge is 0.109 e. The highest BCUT2D eigenvalue weighted by molar-refractivity contribution is 7.15. The van der Waals surface area contributed by atoms with Crippen molar-refractivity contribution in [1.82, 2.24) is 4.98 Å². The Hall–Kier alpha value is -0.570. The average Bonchev–Trinajstić information content (AvgIpc) is 2.76. The van der Waals surface area contributed by atoms with E-state index in [0.717, 1.165) is 23.5 Å². The van der Waals surface area contributed by atoms with Gasteiger partial charge in [-0.1, -0.05) is 26.2 Å². The third kappa shape index (κ3) is 1.92. The molecule has 2 N–H and O–H groups in total. The molecule has 14 heavy (non-hydrogen) atoms. The fraction of sp³-hybridized carbons (Fsp3) is 0.727. The van der Waals surface area contributed by atoms with Crippen LogP contribution in [0.4, 0.5) is 5.00 Å². The predicted octanol–water partition coefficient (Wildman–Crippen LogP) is 3.34. The second-order valence-electron chi connectivity index (χ2n) is 4.09. The summed E-state index contributed by atoms with van der Waals surface area (Å²) in [7, 11) is 0. The van der Waals surface area contributed by atoms with E-state index in [0.29, 0.717) is 5.92 Å². The molecule has 0 aliphatic heterocycles. The maximum Gasteiger partial charge on any atom is 0.109 e. The molecule has 1 aliphatic carbocycles. The van der Waals surface area contributed by atoms with Gasteiger partial charge in [-0.25, -0.2) is 4.98 Å². The molecule has 1 aliphatic rings. The van der Waals surface area contributed by atoms with E-state index in [1.807, 2.05) is 0 Å². The summed E-state index contributed by atoms with van der Waals surface area (Å²) < 4.78 is 0. The average molecular weight is 210 g/mol. The van der Waals surface area contributed by atoms with E-state index in [1.54, 1.807) is 11.3 Å². The van der Waals surface area contributed by atoms with E-state index in [4.69, 9.17) is 5.73 Å². The Morgan fingerprint density at radius 3 is 2.79 bits per heavy atom. The molecule has 0 unspecified atom stereocenters. The van der Waals surface area contributed by atoms with Gasteiger partial charge < -0.3 is 5.73 Å². The van der Waals surface area contributed by atoms with Crippen molar-refractivity contribution in [1.29, 1.82) is 0 Å². The van der Waals surface area contributed by atoms with Crippen molar-refractivity contribution in [2.75, 3.05) is 5.73 Å². The molecule has 2 nitrogen and oxygen atoms in total. The fourth-order valence-electron chi connectivity index (χ4n) is 2.15. The summed E-state index contributed by atoms with van der Waals surface area (Å²) in [6, 6.07) is 0. The minimum atomic E-state index is 0.716. The van der Waals surface area contributed by atoms with Gasteiger partial charge in [-0.15, -0.1) is 11.3 Å². The minimum Gasteiger partial charge on any atom is -0.389 e. The topological polar surface area (TPSA) is 38.9 Å². The second-order valence-corrected chi connectivity index (χ2v) is 5.16. The Bertz CT molecular complexity index is 300. The minimum absolute atomic E-state index is 0.716. The number of nitrogens with zero attached hydrogens (tertiary/aromatic N) is 1. The van der Waals surface area contributed by atoms with E-state index in [1.165, 1.54) is 30.7 Å². The Morgan fingerprint density at radius 1 is 1.43 bits per heavy atom. The van der Waals surface area contributed by atoms with Crippen molar-refractivity contribution in [2.24, 2.45) is 0 Å². The molecule has 1 saturated carbocycles. The van der Waals surface area contributed by atoms with Crippen LogP contribution in [0.25, 0.3) is 0 Å². The van der Waals surface area contributed by atoms with E-state index in [-0.39, 0.29) is 0 Å². The number of aryl methyl sites for hydroxylation is 1. The lowest BCUT2D eigenvalue weighted by molar-refractivity contribution is 0.710. The van der Waals surface area contributed by atoms with Crippen LogP contribution < -0.4 is 5.73 Å². The molecule has 1 aromatic heterocycles. The Balaban J connectivity index is 2.14. The van der Waals surface area contributed by atoms with Crippen LogP contribution >= 0.6 is 11.3 Å². The Kier molecular flexibility index (Phi) is 3.06. The zero-order valence-electron chi connectivity index (χ0n) is 8.75. The van der Waals surface area contributed by atoms with E-state index < -0.39 is 0 Å². The molecule has 0 amide bonds. The number of thiazole rings is 1. The van der Waals surface area contributed by atoms with Gasteiger partial charge in [-0.3, -0.25) is 0 Å². The molecule has 0 radical (unpaired) electrons. The molecule has 0 aromatic carbocycles. The quantitative estimate of drug-likeness (QED) is 0.831. The molecule has 0 atom stereocenters. The first-order chi connectivity index (χ1) is 6.81. The van der Waals surface area contributed by atoms with Crippen LogP contribution in [-0.2, 0) is 6.42 Å². The second kappa shape index (κ2) is 4.30. The summed E-state index contributed by atoms with van der Waals surface area (Å²) in [5, 5.41) is 2.25. The van der Waals surface area contributed by atoms with Crippen LogP contribution in [-0.4, -0.2) is 4.98 Å². The van der Waals surface area contributed by atoms with Crippen molar-refractivity contribution in [3.63, 3.8) is 0 Å². The van der Waals surface area contributed by atoms with E-state index in [9.17, 15) is 0 Å². The van der Waals surface area contributed by atoms with Gasteiger partial charge in [0.05, 0.1) is 10.7 Å². The third-order valence-electron chi connectivity index (χ3n) is 2.94. The standard InChI is InChI=1S/C11H18N2S/c1-2-5-9-10(12)14-11(13-9)8-6-3-4-7-8/h8H,2-7,12H2,1H3. The van der Waals surface area contributed by atoms with Crippen LogP contribution in [0.2, 0.25) is 0 Å². The molecule has 1 aromatic rings. The monoisotopic (exact) mass is 210 g/mol. The lowest BCUT2D eigenvalue weighted by atomic mass is 10.1. The summed E-state index contributed by atoms with van der Waals surface area (Å²) in [6.45, 7) is 2.17. The molecule has 0 bridgehead atoms. The summed E-state index contributed by atoms with van der Waals surface area (Å²) in [6.07, 6.45) is 7.55. The first-order valence-electron chi connectivity index (χ1n) is 5.56. The molecule has 0 saturated heterocycles. The van der Waals surface area contributed by atoms with Crippen molar-refractivity contribution >= 4 is 16.3 Å². The van der Waals surface area contributed by atoms with Crippen molar-refractivity contribution in [3.05, 3.63) is 10.7 Å². The van der Waals surface area contributed by atoms with Gasteiger partial charge in [0.1, 0.15) is 5.00 Å². The number of anilines is 1. The third-order valence-corrected chi connectivity index (χ3v) is 4.02. The highest BCUT2D eigenvalue weighted by atomic mass is 32.1. The van der Waals surface area contributed by atoms with Crippen LogP contribution in [0.15, 0.2) is 0 Å². The zero-order valence-corrected chi connectivity index (χ0v) is 9.57. The molecule has 1 heterocycles. The molecule has 0 spiro atoms. The van der Waals surface area contributed by atoms with Crippen LogP contribution in [0.5, 0.6) is 0 Å². The first kappa shape index (κ1) is 9.97. The van der Waals surface area contributed by atoms with Crippen LogP contribution in [0.3, 0.4) is 0 Å². The van der Waals surface area contributed by atoms with Crippen LogP contribution in [0, 0.1) is 0 Å². The van der Waals surface area contributed by atoms with Gasteiger partial charge in [0.15, 0.2) is 0 Å². The SMILES string of the molecule is CCCc1nc(C2CCCC2)sc1N. The fourth-order valence-corrected chi connectivity index (χ4v) is 3.19. The van der Waals surface area contributed by atoms with Gasteiger partial charge >= 0.3 is 0 Å². The summed E-state index contributed by atoms with van der Waals surface area (Å²) in [5.41, 5.74) is 7.09. The van der Waals surface area contributed by atoms with Gasteiger partial charge in [0.25, 0.3) is 0 Å². The number of hydrogen-bond donors (Lipinski definition) is 1.